The van der Waals surface area contributed by atoms with Crippen LogP contribution < -0.4 is 0 Å². The van der Waals surface area contributed by atoms with E-state index in [0.29, 0.717) is 37.2 Å². The molecule has 0 radical (unpaired) electrons. The molecular weight excluding hydrogens is 602 g/mol. The summed E-state index contributed by atoms with van der Waals surface area (Å²) in [6, 6.07) is 20.7. The van der Waals surface area contributed by atoms with Gasteiger partial charge in [-0.25, -0.2) is 8.42 Å². The number of carbonyl (C=O) groups is 3. The number of nitrogens with zero attached hydrogens (tertiary/aromatic N) is 1. The molecule has 8 nitrogen and oxygen atoms in total. The average Bonchev–Trinajstić information content (AvgIpc) is 3.01. The van der Waals surface area contributed by atoms with Crippen LogP contribution in [0.2, 0.25) is 0 Å². The zero-order chi connectivity index (χ0) is 32.1. The van der Waals surface area contributed by atoms with Gasteiger partial charge in [0.2, 0.25) is 5.24 Å². The third kappa shape index (κ3) is 11.0. The van der Waals surface area contributed by atoms with Crippen LogP contribution in [0.1, 0.15) is 50.2 Å². The Kier molecular flexibility index (Phi) is 13.7. The standard InChI is InChI=1S/C34H40ClNO7S/c1-25-4-8-27(9-5-25)10-11-30(24-44(40,41)31-16-6-26(2)7-17-31)33(38)28-12-14-29(15-13-28)34(39)36(19-18-32(35)37)20-21-43-23-22-42-3/h4-9,12-17,30H,10-11,18-24H2,1-3H3. The summed E-state index contributed by atoms with van der Waals surface area (Å²) in [7, 11) is -2.18. The van der Waals surface area contributed by atoms with Crippen LogP contribution in [0.5, 0.6) is 0 Å². The molecule has 0 saturated heterocycles. The molecule has 0 bridgehead atoms. The maximum Gasteiger partial charge on any atom is 0.253 e. The van der Waals surface area contributed by atoms with E-state index in [0.717, 1.165) is 16.7 Å². The summed E-state index contributed by atoms with van der Waals surface area (Å²) in [5, 5.41) is -0.554. The molecule has 0 aliphatic carbocycles. The third-order valence-electron chi connectivity index (χ3n) is 7.29. The Bertz CT molecular complexity index is 1490. The Morgan fingerprint density at radius 3 is 1.98 bits per heavy atom. The molecule has 1 amide bonds. The minimum Gasteiger partial charge on any atom is -0.382 e. The van der Waals surface area contributed by atoms with E-state index in [-0.39, 0.29) is 48.5 Å². The number of halogens is 1. The lowest BCUT2D eigenvalue weighted by atomic mass is 9.92. The van der Waals surface area contributed by atoms with Crippen molar-refractivity contribution in [3.8, 4) is 0 Å². The lowest BCUT2D eigenvalue weighted by Crippen LogP contribution is -2.35. The zero-order valence-electron chi connectivity index (χ0n) is 25.5. The van der Waals surface area contributed by atoms with E-state index in [4.69, 9.17) is 21.1 Å². The maximum atomic E-state index is 13.8. The second kappa shape index (κ2) is 17.2. The summed E-state index contributed by atoms with van der Waals surface area (Å²) >= 11 is 5.52. The van der Waals surface area contributed by atoms with Crippen molar-refractivity contribution in [2.24, 2.45) is 5.92 Å². The zero-order valence-corrected chi connectivity index (χ0v) is 27.0. The van der Waals surface area contributed by atoms with Gasteiger partial charge >= 0.3 is 0 Å². The van der Waals surface area contributed by atoms with Gasteiger partial charge in [0, 0.05) is 43.7 Å². The highest BCUT2D eigenvalue weighted by Gasteiger charge is 2.28. The van der Waals surface area contributed by atoms with Crippen molar-refractivity contribution in [2.45, 2.75) is 38.0 Å². The molecule has 0 saturated carbocycles. The van der Waals surface area contributed by atoms with Crippen molar-refractivity contribution in [1.29, 1.82) is 0 Å². The number of ether oxygens (including phenoxy) is 2. The Morgan fingerprint density at radius 1 is 0.795 bits per heavy atom. The predicted molar refractivity (Wildman–Crippen MR) is 171 cm³/mol. The fraction of sp³-hybridized carbons (Fsp3) is 0.382. The molecule has 0 fully saturated rings. The molecule has 236 valence electrons. The van der Waals surface area contributed by atoms with E-state index in [2.05, 4.69) is 0 Å². The monoisotopic (exact) mass is 641 g/mol. The predicted octanol–water partition coefficient (Wildman–Crippen LogP) is 5.47. The molecule has 1 atom stereocenters. The molecule has 0 aliphatic heterocycles. The molecule has 0 aliphatic rings. The molecule has 3 aromatic carbocycles. The van der Waals surface area contributed by atoms with Crippen LogP contribution in [0.25, 0.3) is 0 Å². The Hall–Kier alpha value is -3.37. The lowest BCUT2D eigenvalue weighted by molar-refractivity contribution is -0.111. The van der Waals surface area contributed by atoms with Gasteiger partial charge in [-0.1, -0.05) is 59.7 Å². The molecule has 0 spiro atoms. The number of ketones is 1. The van der Waals surface area contributed by atoms with E-state index < -0.39 is 21.0 Å². The molecule has 0 N–H and O–H groups in total. The summed E-state index contributed by atoms with van der Waals surface area (Å²) in [5.74, 6) is -1.76. The smallest absolute Gasteiger partial charge is 0.253 e. The Balaban J connectivity index is 1.79. The molecule has 0 heterocycles. The average molecular weight is 642 g/mol. The van der Waals surface area contributed by atoms with Gasteiger partial charge in [-0.3, -0.25) is 14.4 Å². The van der Waals surface area contributed by atoms with Crippen LogP contribution >= 0.6 is 11.6 Å². The topological polar surface area (TPSA) is 107 Å². The number of rotatable bonds is 18. The van der Waals surface area contributed by atoms with Gasteiger partial charge in [-0.15, -0.1) is 0 Å². The van der Waals surface area contributed by atoms with Crippen molar-refractivity contribution >= 4 is 38.4 Å². The van der Waals surface area contributed by atoms with Crippen LogP contribution in [0.3, 0.4) is 0 Å². The number of hydrogen-bond acceptors (Lipinski definition) is 7. The number of methoxy groups -OCH3 is 1. The molecule has 10 heteroatoms. The lowest BCUT2D eigenvalue weighted by Gasteiger charge is -2.22. The Morgan fingerprint density at radius 2 is 1.39 bits per heavy atom. The van der Waals surface area contributed by atoms with Gasteiger partial charge in [0.25, 0.3) is 5.91 Å². The second-order valence-electron chi connectivity index (χ2n) is 10.8. The SMILES string of the molecule is COCCOCCN(CCC(=O)Cl)C(=O)c1ccc(C(=O)C(CCc2ccc(C)cc2)CS(=O)(=O)c2ccc(C)cc2)cc1. The van der Waals surface area contributed by atoms with Gasteiger partial charge in [0.15, 0.2) is 15.6 Å². The number of benzene rings is 3. The highest BCUT2D eigenvalue weighted by Crippen LogP contribution is 2.23. The number of carbonyl (C=O) groups excluding carboxylic acids is 3. The van der Waals surface area contributed by atoms with Gasteiger partial charge in [0.05, 0.1) is 30.5 Å². The largest absolute Gasteiger partial charge is 0.382 e. The minimum atomic E-state index is -3.74. The van der Waals surface area contributed by atoms with Gasteiger partial charge in [0.1, 0.15) is 0 Å². The maximum absolute atomic E-state index is 13.8. The number of Topliss-reactive ketones (excluding diaryl/α,β-unsaturated/α-hetero) is 1. The molecular formula is C34H40ClNO7S. The quantitative estimate of drug-likeness (QED) is 0.103. The van der Waals surface area contributed by atoms with Crippen molar-refractivity contribution < 1.29 is 32.3 Å². The van der Waals surface area contributed by atoms with E-state index in [1.165, 1.54) is 4.90 Å². The first-order chi connectivity index (χ1) is 21.0. The second-order valence-corrected chi connectivity index (χ2v) is 13.2. The molecule has 3 rings (SSSR count). The van der Waals surface area contributed by atoms with Gasteiger partial charge in [-0.2, -0.15) is 0 Å². The highest BCUT2D eigenvalue weighted by atomic mass is 35.5. The van der Waals surface area contributed by atoms with E-state index in [1.807, 2.05) is 38.1 Å². The highest BCUT2D eigenvalue weighted by molar-refractivity contribution is 7.91. The van der Waals surface area contributed by atoms with Crippen molar-refractivity contribution in [2.75, 3.05) is 45.8 Å². The first kappa shape index (κ1) is 35.1. The number of sulfone groups is 1. The molecule has 3 aromatic rings. The molecule has 1 unspecified atom stereocenters. The van der Waals surface area contributed by atoms with E-state index >= 15 is 0 Å². The first-order valence-corrected chi connectivity index (χ1v) is 16.6. The molecule has 0 aromatic heterocycles. The van der Waals surface area contributed by atoms with Crippen LogP contribution in [0.4, 0.5) is 0 Å². The summed E-state index contributed by atoms with van der Waals surface area (Å²) in [5.41, 5.74) is 3.72. The number of amides is 1. The van der Waals surface area contributed by atoms with E-state index in [9.17, 15) is 22.8 Å². The fourth-order valence-corrected chi connectivity index (χ4v) is 6.32. The van der Waals surface area contributed by atoms with Crippen molar-refractivity contribution in [3.63, 3.8) is 0 Å². The summed E-state index contributed by atoms with van der Waals surface area (Å²) in [6.45, 7) is 5.27. The van der Waals surface area contributed by atoms with Gasteiger partial charge < -0.3 is 14.4 Å². The van der Waals surface area contributed by atoms with Crippen molar-refractivity contribution in [1.82, 2.24) is 4.90 Å². The van der Waals surface area contributed by atoms with Crippen LogP contribution in [0.15, 0.2) is 77.7 Å². The number of aryl methyl sites for hydroxylation is 3. The van der Waals surface area contributed by atoms with Crippen LogP contribution in [0, 0.1) is 19.8 Å². The van der Waals surface area contributed by atoms with Crippen molar-refractivity contribution in [3.05, 3.63) is 101 Å². The first-order valence-electron chi connectivity index (χ1n) is 14.5. The summed E-state index contributed by atoms with van der Waals surface area (Å²) in [6.07, 6.45) is 0.869. The van der Waals surface area contributed by atoms with Crippen LogP contribution in [-0.2, 0) is 30.5 Å². The molecule has 44 heavy (non-hydrogen) atoms. The van der Waals surface area contributed by atoms with E-state index in [1.54, 1.807) is 55.6 Å². The van der Waals surface area contributed by atoms with Gasteiger partial charge in [-0.05, 0) is 68.1 Å². The minimum absolute atomic E-state index is 0.0138. The van der Waals surface area contributed by atoms with Crippen LogP contribution in [-0.4, -0.2) is 76.0 Å². The normalized spacial score (nSPS) is 12.1. The third-order valence-corrected chi connectivity index (χ3v) is 9.31. The number of hydrogen-bond donors (Lipinski definition) is 0. The summed E-state index contributed by atoms with van der Waals surface area (Å²) in [4.78, 5) is 40.1. The summed E-state index contributed by atoms with van der Waals surface area (Å²) < 4.78 is 37.2. The fourth-order valence-electron chi connectivity index (χ4n) is 4.64. The Labute approximate surface area is 265 Å².